The first kappa shape index (κ1) is 16.4. The molecule has 6 nitrogen and oxygen atoms in total. The Bertz CT molecular complexity index is 858. The molecule has 0 radical (unpaired) electrons. The molecule has 1 aromatic carbocycles. The molecule has 1 fully saturated rings. The number of imide groups is 1. The highest BCUT2D eigenvalue weighted by molar-refractivity contribution is 8.18. The maximum atomic E-state index is 11.9. The molecule has 0 atom stereocenters. The highest BCUT2D eigenvalue weighted by atomic mass is 32.2. The molecule has 0 bridgehead atoms. The van der Waals surface area contributed by atoms with Crippen LogP contribution < -0.4 is 10.6 Å². The number of nitrogens with zero attached hydrogens (tertiary/aromatic N) is 1. The Morgan fingerprint density at radius 2 is 2.21 bits per heavy atom. The van der Waals surface area contributed by atoms with Crippen molar-refractivity contribution in [2.75, 3.05) is 5.32 Å². The first-order chi connectivity index (χ1) is 11.5. The van der Waals surface area contributed by atoms with Gasteiger partial charge in [-0.3, -0.25) is 25.0 Å². The van der Waals surface area contributed by atoms with Crippen molar-refractivity contribution in [3.05, 3.63) is 57.4 Å². The molecule has 8 heteroatoms. The average Bonchev–Trinajstić information content (AvgIpc) is 3.05. The summed E-state index contributed by atoms with van der Waals surface area (Å²) in [4.78, 5) is 39.6. The summed E-state index contributed by atoms with van der Waals surface area (Å²) in [5, 5.41) is 4.68. The monoisotopic (exact) mass is 359 g/mol. The molecule has 2 aromatic rings. The molecule has 1 saturated heterocycles. The molecule has 0 unspecified atom stereocenters. The van der Waals surface area contributed by atoms with Crippen molar-refractivity contribution in [1.82, 2.24) is 10.3 Å². The van der Waals surface area contributed by atoms with Crippen LogP contribution in [0.1, 0.15) is 16.0 Å². The fraction of sp³-hybridized carbons (Fsp3) is 0.125. The van der Waals surface area contributed by atoms with E-state index in [4.69, 9.17) is 0 Å². The van der Waals surface area contributed by atoms with E-state index in [9.17, 15) is 14.4 Å². The smallest absolute Gasteiger partial charge is 0.290 e. The predicted molar refractivity (Wildman–Crippen MR) is 93.9 cm³/mol. The van der Waals surface area contributed by atoms with Crippen LogP contribution in [0, 0.1) is 6.92 Å². The molecule has 3 amide bonds. The molecule has 2 N–H and O–H groups in total. The zero-order valence-corrected chi connectivity index (χ0v) is 14.3. The Balaban J connectivity index is 1.63. The standard InChI is InChI=1S/C16H13N3O3S2/c1-9-3-2-4-10(5-9)6-11-8-17-15(23-11)18-13(20)7-12-14(21)19-16(22)24-12/h2-5,7-8H,6H2,1H3,(H,17,18,20)(H,19,21,22)/b12-7-. The maximum Gasteiger partial charge on any atom is 0.290 e. The Labute approximate surface area is 146 Å². The molecule has 0 spiro atoms. The zero-order chi connectivity index (χ0) is 17.1. The van der Waals surface area contributed by atoms with E-state index in [1.165, 1.54) is 22.5 Å². The van der Waals surface area contributed by atoms with E-state index < -0.39 is 17.1 Å². The lowest BCUT2D eigenvalue weighted by Gasteiger charge is -1.99. The average molecular weight is 359 g/mol. The third kappa shape index (κ3) is 4.09. The fourth-order valence-corrected chi connectivity index (χ4v) is 3.65. The lowest BCUT2D eigenvalue weighted by Crippen LogP contribution is -2.18. The predicted octanol–water partition coefficient (Wildman–Crippen LogP) is 2.85. The number of thiazole rings is 1. The van der Waals surface area contributed by atoms with Crippen LogP contribution in [0.4, 0.5) is 9.93 Å². The highest BCUT2D eigenvalue weighted by Crippen LogP contribution is 2.24. The highest BCUT2D eigenvalue weighted by Gasteiger charge is 2.26. The number of carbonyl (C=O) groups excluding carboxylic acids is 3. The lowest BCUT2D eigenvalue weighted by molar-refractivity contribution is -0.116. The second-order valence-corrected chi connectivity index (χ2v) is 7.27. The molecule has 0 saturated carbocycles. The zero-order valence-electron chi connectivity index (χ0n) is 12.7. The van der Waals surface area contributed by atoms with Gasteiger partial charge >= 0.3 is 0 Å². The van der Waals surface area contributed by atoms with Crippen LogP contribution in [-0.2, 0) is 16.0 Å². The Morgan fingerprint density at radius 3 is 2.92 bits per heavy atom. The summed E-state index contributed by atoms with van der Waals surface area (Å²) >= 11 is 2.08. The number of thioether (sulfide) groups is 1. The number of hydrogen-bond donors (Lipinski definition) is 2. The van der Waals surface area contributed by atoms with Crippen LogP contribution in [0.3, 0.4) is 0 Å². The van der Waals surface area contributed by atoms with E-state index in [0.717, 1.165) is 17.4 Å². The summed E-state index contributed by atoms with van der Waals surface area (Å²) in [5.41, 5.74) is 2.37. The number of carbonyl (C=O) groups is 3. The van der Waals surface area contributed by atoms with Crippen molar-refractivity contribution in [1.29, 1.82) is 0 Å². The van der Waals surface area contributed by atoms with E-state index in [-0.39, 0.29) is 4.91 Å². The van der Waals surface area contributed by atoms with Crippen LogP contribution in [0.5, 0.6) is 0 Å². The van der Waals surface area contributed by atoms with Gasteiger partial charge in [-0.25, -0.2) is 4.98 Å². The summed E-state index contributed by atoms with van der Waals surface area (Å²) in [6, 6.07) is 8.20. The van der Waals surface area contributed by atoms with Gasteiger partial charge < -0.3 is 0 Å². The SMILES string of the molecule is Cc1cccc(Cc2cnc(NC(=O)/C=C3\SC(=O)NC3=O)s2)c1. The third-order valence-corrected chi connectivity index (χ3v) is 4.87. The molecular weight excluding hydrogens is 346 g/mol. The number of aromatic nitrogens is 1. The van der Waals surface area contributed by atoms with E-state index in [1.54, 1.807) is 6.20 Å². The van der Waals surface area contributed by atoms with Crippen LogP contribution in [-0.4, -0.2) is 22.0 Å². The normalized spacial score (nSPS) is 15.6. The first-order valence-electron chi connectivity index (χ1n) is 7.06. The second-order valence-electron chi connectivity index (χ2n) is 5.14. The summed E-state index contributed by atoms with van der Waals surface area (Å²) in [6.45, 7) is 2.04. The molecule has 2 heterocycles. The first-order valence-corrected chi connectivity index (χ1v) is 8.69. The Morgan fingerprint density at radius 1 is 1.38 bits per heavy atom. The molecule has 24 heavy (non-hydrogen) atoms. The molecule has 3 rings (SSSR count). The number of anilines is 1. The van der Waals surface area contributed by atoms with E-state index in [0.29, 0.717) is 16.9 Å². The fourth-order valence-electron chi connectivity index (χ4n) is 2.15. The number of benzene rings is 1. The molecule has 1 aliphatic rings. The minimum absolute atomic E-state index is 0.0778. The van der Waals surface area contributed by atoms with Crippen molar-refractivity contribution < 1.29 is 14.4 Å². The van der Waals surface area contributed by atoms with Gasteiger partial charge in [-0.05, 0) is 24.2 Å². The van der Waals surface area contributed by atoms with Gasteiger partial charge in [0.15, 0.2) is 5.13 Å². The van der Waals surface area contributed by atoms with Crippen LogP contribution >= 0.6 is 23.1 Å². The van der Waals surface area contributed by atoms with Gasteiger partial charge in [0.2, 0.25) is 0 Å². The Kier molecular flexibility index (Phi) is 4.77. The molecule has 122 valence electrons. The number of rotatable bonds is 4. The Hall–Kier alpha value is -2.45. The van der Waals surface area contributed by atoms with Crippen LogP contribution in [0.2, 0.25) is 0 Å². The minimum Gasteiger partial charge on any atom is -0.298 e. The topological polar surface area (TPSA) is 88.2 Å². The van der Waals surface area contributed by atoms with Gasteiger partial charge in [-0.15, -0.1) is 11.3 Å². The molecular formula is C16H13N3O3S2. The van der Waals surface area contributed by atoms with Crippen molar-refractivity contribution in [3.63, 3.8) is 0 Å². The third-order valence-electron chi connectivity index (χ3n) is 3.15. The largest absolute Gasteiger partial charge is 0.298 e. The van der Waals surface area contributed by atoms with Gasteiger partial charge in [0.1, 0.15) is 0 Å². The van der Waals surface area contributed by atoms with Gasteiger partial charge in [0.05, 0.1) is 4.91 Å². The number of amides is 3. The minimum atomic E-state index is -0.556. The van der Waals surface area contributed by atoms with Crippen molar-refractivity contribution in [3.8, 4) is 0 Å². The van der Waals surface area contributed by atoms with Gasteiger partial charge in [0.25, 0.3) is 17.1 Å². The number of nitrogens with one attached hydrogen (secondary N) is 2. The summed E-state index contributed by atoms with van der Waals surface area (Å²) in [6.07, 6.45) is 3.56. The van der Waals surface area contributed by atoms with Crippen LogP contribution in [0.15, 0.2) is 41.4 Å². The quantitative estimate of drug-likeness (QED) is 0.820. The number of aryl methyl sites for hydroxylation is 1. The molecule has 0 aliphatic carbocycles. The van der Waals surface area contributed by atoms with Crippen LogP contribution in [0.25, 0.3) is 0 Å². The van der Waals surface area contributed by atoms with Crippen molar-refractivity contribution in [2.45, 2.75) is 13.3 Å². The van der Waals surface area contributed by atoms with Crippen molar-refractivity contribution in [2.24, 2.45) is 0 Å². The van der Waals surface area contributed by atoms with Gasteiger partial charge in [-0.2, -0.15) is 0 Å². The summed E-state index contributed by atoms with van der Waals surface area (Å²) in [5.74, 6) is -1.04. The molecule has 1 aliphatic heterocycles. The number of hydrogen-bond acceptors (Lipinski definition) is 6. The maximum absolute atomic E-state index is 11.9. The van der Waals surface area contributed by atoms with Gasteiger partial charge in [0, 0.05) is 23.6 Å². The summed E-state index contributed by atoms with van der Waals surface area (Å²) < 4.78 is 0. The van der Waals surface area contributed by atoms with Crippen molar-refractivity contribution >= 4 is 45.3 Å². The lowest BCUT2D eigenvalue weighted by atomic mass is 10.1. The van der Waals surface area contributed by atoms with E-state index in [2.05, 4.69) is 21.7 Å². The van der Waals surface area contributed by atoms with E-state index in [1.807, 2.05) is 25.1 Å². The molecule has 1 aromatic heterocycles. The van der Waals surface area contributed by atoms with E-state index >= 15 is 0 Å². The second kappa shape index (κ2) is 6.98. The van der Waals surface area contributed by atoms with Gasteiger partial charge in [-0.1, -0.05) is 29.8 Å². The summed E-state index contributed by atoms with van der Waals surface area (Å²) in [7, 11) is 0.